The molecule has 1 heteroatoms. The maximum atomic E-state index is 2.43. The van der Waals surface area contributed by atoms with Crippen LogP contribution in [0.3, 0.4) is 0 Å². The van der Waals surface area contributed by atoms with Gasteiger partial charge in [-0.05, 0) is 43.5 Å². The van der Waals surface area contributed by atoms with E-state index in [0.29, 0.717) is 5.92 Å². The van der Waals surface area contributed by atoms with E-state index < -0.39 is 0 Å². The summed E-state index contributed by atoms with van der Waals surface area (Å²) in [6, 6.07) is 17.4. The molecule has 1 heterocycles. The summed E-state index contributed by atoms with van der Waals surface area (Å²) < 4.78 is 2.40. The summed E-state index contributed by atoms with van der Waals surface area (Å²) in [6.07, 6.45) is 5.94. The van der Waals surface area contributed by atoms with E-state index in [9.17, 15) is 0 Å². The molecule has 0 amide bonds. The van der Waals surface area contributed by atoms with Crippen molar-refractivity contribution < 1.29 is 0 Å². The largest absolute Gasteiger partial charge is 0.310 e. The van der Waals surface area contributed by atoms with Gasteiger partial charge < -0.3 is 4.57 Å². The van der Waals surface area contributed by atoms with Crippen molar-refractivity contribution in [3.05, 3.63) is 64.7 Å². The van der Waals surface area contributed by atoms with Gasteiger partial charge in [0, 0.05) is 21.6 Å². The Labute approximate surface area is 124 Å². The van der Waals surface area contributed by atoms with E-state index >= 15 is 0 Å². The van der Waals surface area contributed by atoms with Gasteiger partial charge in [0.05, 0.1) is 5.52 Å². The second kappa shape index (κ2) is 4.63. The highest BCUT2D eigenvalue weighted by atomic mass is 15.0. The average Bonchev–Trinajstić information content (AvgIpc) is 2.81. The fourth-order valence-corrected chi connectivity index (χ4v) is 3.33. The molecular weight excluding hydrogens is 254 g/mol. The molecule has 0 saturated heterocycles. The molecule has 1 nitrogen and oxygen atoms in total. The molecule has 21 heavy (non-hydrogen) atoms. The van der Waals surface area contributed by atoms with Gasteiger partial charge in [0.15, 0.2) is 0 Å². The standard InChI is InChI=1S/C20H19N/c1-14-8-10-19-17(12-14)18-13-15(2)9-11-20(18)21(19)16-6-4-3-5-7-16/h3-8,10-13,15H,9H2,1-2H3/t15-/m1/s1. The van der Waals surface area contributed by atoms with E-state index in [1.165, 1.54) is 32.7 Å². The number of hydrogen-bond donors (Lipinski definition) is 0. The lowest BCUT2D eigenvalue weighted by atomic mass is 10.0. The van der Waals surface area contributed by atoms with Crippen molar-refractivity contribution in [3.8, 4) is 5.69 Å². The topological polar surface area (TPSA) is 4.93 Å². The Kier molecular flexibility index (Phi) is 2.75. The molecule has 1 aliphatic carbocycles. The van der Waals surface area contributed by atoms with E-state index in [4.69, 9.17) is 0 Å². The number of hydrogen-bond acceptors (Lipinski definition) is 0. The summed E-state index contributed by atoms with van der Waals surface area (Å²) in [5.41, 5.74) is 3.87. The average molecular weight is 273 g/mol. The van der Waals surface area contributed by atoms with Gasteiger partial charge in [-0.1, -0.05) is 48.9 Å². The van der Waals surface area contributed by atoms with E-state index in [1.54, 1.807) is 0 Å². The van der Waals surface area contributed by atoms with Crippen LogP contribution < -0.4 is 10.6 Å². The Morgan fingerprint density at radius 3 is 2.67 bits per heavy atom. The smallest absolute Gasteiger partial charge is 0.0541 e. The number of aryl methyl sites for hydroxylation is 1. The van der Waals surface area contributed by atoms with Crippen LogP contribution in [0.2, 0.25) is 0 Å². The highest BCUT2D eigenvalue weighted by molar-refractivity contribution is 5.85. The molecule has 1 atom stereocenters. The van der Waals surface area contributed by atoms with E-state index in [-0.39, 0.29) is 0 Å². The van der Waals surface area contributed by atoms with Gasteiger partial charge in [-0.2, -0.15) is 0 Å². The lowest BCUT2D eigenvalue weighted by molar-refractivity contribution is 0.795. The van der Waals surface area contributed by atoms with Crippen molar-refractivity contribution in [3.63, 3.8) is 0 Å². The summed E-state index contributed by atoms with van der Waals surface area (Å²) in [6.45, 7) is 4.46. The molecule has 1 aromatic heterocycles. The van der Waals surface area contributed by atoms with Crippen LogP contribution in [-0.4, -0.2) is 4.57 Å². The van der Waals surface area contributed by atoms with Crippen LogP contribution in [0, 0.1) is 12.8 Å². The van der Waals surface area contributed by atoms with Crippen molar-refractivity contribution in [2.45, 2.75) is 20.3 Å². The first kappa shape index (κ1) is 12.5. The predicted octanol–water partition coefficient (Wildman–Crippen LogP) is 3.54. The van der Waals surface area contributed by atoms with E-state index in [2.05, 4.69) is 79.1 Å². The first-order valence-electron chi connectivity index (χ1n) is 7.62. The third-order valence-electron chi connectivity index (χ3n) is 4.35. The zero-order valence-electron chi connectivity index (χ0n) is 12.5. The van der Waals surface area contributed by atoms with Crippen molar-refractivity contribution in [1.29, 1.82) is 0 Å². The Bertz CT molecular complexity index is 929. The Morgan fingerprint density at radius 2 is 1.86 bits per heavy atom. The fraction of sp³-hybridized carbons (Fsp3) is 0.200. The van der Waals surface area contributed by atoms with Gasteiger partial charge >= 0.3 is 0 Å². The molecule has 1 aliphatic rings. The van der Waals surface area contributed by atoms with Crippen molar-refractivity contribution in [2.24, 2.45) is 5.92 Å². The van der Waals surface area contributed by atoms with E-state index in [0.717, 1.165) is 6.42 Å². The SMILES string of the molecule is Cc1ccc2c(c1)c1c(n2-c2ccccc2)=CC[C@@H](C)C=1. The molecule has 0 bridgehead atoms. The molecule has 0 unspecified atom stereocenters. The number of nitrogens with zero attached hydrogens (tertiary/aromatic N) is 1. The molecule has 0 spiro atoms. The Balaban J connectivity index is 2.21. The van der Waals surface area contributed by atoms with Crippen molar-refractivity contribution in [2.75, 3.05) is 0 Å². The molecule has 104 valence electrons. The van der Waals surface area contributed by atoms with Crippen LogP contribution in [-0.2, 0) is 0 Å². The molecule has 0 saturated carbocycles. The molecule has 0 radical (unpaired) electrons. The van der Waals surface area contributed by atoms with Crippen LogP contribution >= 0.6 is 0 Å². The van der Waals surface area contributed by atoms with Crippen LogP contribution in [0.5, 0.6) is 0 Å². The minimum atomic E-state index is 0.618. The van der Waals surface area contributed by atoms with Crippen molar-refractivity contribution in [1.82, 2.24) is 4.57 Å². The zero-order chi connectivity index (χ0) is 14.4. The maximum absolute atomic E-state index is 2.43. The second-order valence-corrected chi connectivity index (χ2v) is 6.07. The number of rotatable bonds is 1. The van der Waals surface area contributed by atoms with Gasteiger partial charge in [-0.25, -0.2) is 0 Å². The number of para-hydroxylation sites is 1. The van der Waals surface area contributed by atoms with Crippen LogP contribution in [0.1, 0.15) is 18.9 Å². The fourth-order valence-electron chi connectivity index (χ4n) is 3.33. The van der Waals surface area contributed by atoms with Gasteiger partial charge in [0.25, 0.3) is 0 Å². The lowest BCUT2D eigenvalue weighted by Crippen LogP contribution is -2.31. The van der Waals surface area contributed by atoms with Gasteiger partial charge in [-0.3, -0.25) is 0 Å². The number of aromatic nitrogens is 1. The van der Waals surface area contributed by atoms with Crippen LogP contribution in [0.4, 0.5) is 0 Å². The Morgan fingerprint density at radius 1 is 1.05 bits per heavy atom. The quantitative estimate of drug-likeness (QED) is 0.639. The molecule has 3 aromatic rings. The molecule has 4 rings (SSSR count). The molecule has 0 aliphatic heterocycles. The summed E-state index contributed by atoms with van der Waals surface area (Å²) in [5, 5.41) is 4.12. The van der Waals surface area contributed by atoms with Gasteiger partial charge in [-0.15, -0.1) is 0 Å². The molecule has 2 aromatic carbocycles. The molecule has 0 fully saturated rings. The van der Waals surface area contributed by atoms with Crippen LogP contribution in [0.25, 0.3) is 28.7 Å². The normalized spacial score (nSPS) is 17.1. The maximum Gasteiger partial charge on any atom is 0.0541 e. The minimum absolute atomic E-state index is 0.618. The first-order valence-corrected chi connectivity index (χ1v) is 7.62. The summed E-state index contributed by atoms with van der Waals surface area (Å²) >= 11 is 0. The molecular formula is C20H19N. The van der Waals surface area contributed by atoms with Gasteiger partial charge in [0.1, 0.15) is 0 Å². The monoisotopic (exact) mass is 273 g/mol. The summed E-state index contributed by atoms with van der Waals surface area (Å²) in [7, 11) is 0. The second-order valence-electron chi connectivity index (χ2n) is 6.07. The Hall–Kier alpha value is -2.28. The lowest BCUT2D eigenvalue weighted by Gasteiger charge is -2.09. The number of fused-ring (bicyclic) bond motifs is 3. The minimum Gasteiger partial charge on any atom is -0.310 e. The van der Waals surface area contributed by atoms with E-state index in [1.807, 2.05) is 0 Å². The highest BCUT2D eigenvalue weighted by Crippen LogP contribution is 2.18. The first-order chi connectivity index (χ1) is 10.2. The number of benzene rings is 2. The highest BCUT2D eigenvalue weighted by Gasteiger charge is 2.13. The predicted molar refractivity (Wildman–Crippen MR) is 90.0 cm³/mol. The third kappa shape index (κ3) is 1.92. The summed E-state index contributed by atoms with van der Waals surface area (Å²) in [5.74, 6) is 0.618. The van der Waals surface area contributed by atoms with Crippen molar-refractivity contribution >= 4 is 23.1 Å². The van der Waals surface area contributed by atoms with Crippen LogP contribution in [0.15, 0.2) is 48.5 Å². The molecule has 0 N–H and O–H groups in total. The summed E-state index contributed by atoms with van der Waals surface area (Å²) in [4.78, 5) is 0. The zero-order valence-corrected chi connectivity index (χ0v) is 12.5. The van der Waals surface area contributed by atoms with Gasteiger partial charge in [0.2, 0.25) is 0 Å². The third-order valence-corrected chi connectivity index (χ3v) is 4.35.